The van der Waals surface area contributed by atoms with Crippen molar-refractivity contribution in [2.45, 2.75) is 23.8 Å². The molecule has 0 atom stereocenters. The summed E-state index contributed by atoms with van der Waals surface area (Å²) in [5.74, 6) is 5.25. The predicted molar refractivity (Wildman–Crippen MR) is 68.4 cm³/mol. The first-order valence-corrected chi connectivity index (χ1v) is 7.17. The van der Waals surface area contributed by atoms with E-state index < -0.39 is 10.0 Å². The van der Waals surface area contributed by atoms with Crippen molar-refractivity contribution in [2.75, 3.05) is 13.7 Å². The number of rotatable bonds is 3. The van der Waals surface area contributed by atoms with E-state index in [1.807, 2.05) is 0 Å². The minimum atomic E-state index is -3.38. The maximum absolute atomic E-state index is 12.2. The Labute approximate surface area is 107 Å². The van der Waals surface area contributed by atoms with Gasteiger partial charge in [0.1, 0.15) is 6.61 Å². The van der Waals surface area contributed by atoms with Gasteiger partial charge in [0.2, 0.25) is 10.0 Å². The summed E-state index contributed by atoms with van der Waals surface area (Å²) in [6.45, 7) is -0.204. The monoisotopic (exact) mass is 265 g/mol. The standard InChI is InChI=1S/C13H15NO3S/c1-14(12-6-7-12)18(16,17)13-8-4-11(5-9-13)3-2-10-15/h4-5,8-9,12,15H,6-7,10H2,1H3. The second-order valence-electron chi connectivity index (χ2n) is 4.24. The topological polar surface area (TPSA) is 57.6 Å². The molecule has 1 N–H and O–H groups in total. The van der Waals surface area contributed by atoms with Gasteiger partial charge in [0.25, 0.3) is 0 Å². The lowest BCUT2D eigenvalue weighted by Crippen LogP contribution is -2.28. The third kappa shape index (κ3) is 2.72. The van der Waals surface area contributed by atoms with E-state index in [4.69, 9.17) is 5.11 Å². The summed E-state index contributed by atoms with van der Waals surface area (Å²) < 4.78 is 25.8. The molecule has 0 saturated heterocycles. The van der Waals surface area contributed by atoms with Gasteiger partial charge in [0.05, 0.1) is 4.90 Å². The number of sulfonamides is 1. The smallest absolute Gasteiger partial charge is 0.243 e. The van der Waals surface area contributed by atoms with E-state index in [-0.39, 0.29) is 17.5 Å². The van der Waals surface area contributed by atoms with Crippen molar-refractivity contribution in [2.24, 2.45) is 0 Å². The molecular formula is C13H15NO3S. The number of nitrogens with zero attached hydrogens (tertiary/aromatic N) is 1. The average molecular weight is 265 g/mol. The van der Waals surface area contributed by atoms with Crippen LogP contribution in [0, 0.1) is 11.8 Å². The quantitative estimate of drug-likeness (QED) is 0.823. The molecule has 18 heavy (non-hydrogen) atoms. The van der Waals surface area contributed by atoms with Crippen molar-refractivity contribution in [3.63, 3.8) is 0 Å². The first kappa shape index (κ1) is 13.1. The average Bonchev–Trinajstić information content (AvgIpc) is 3.20. The minimum Gasteiger partial charge on any atom is -0.384 e. The van der Waals surface area contributed by atoms with Crippen molar-refractivity contribution in [3.8, 4) is 11.8 Å². The summed E-state index contributed by atoms with van der Waals surface area (Å²) in [4.78, 5) is 0.284. The van der Waals surface area contributed by atoms with Gasteiger partial charge in [0, 0.05) is 18.7 Å². The maximum Gasteiger partial charge on any atom is 0.243 e. The molecular weight excluding hydrogens is 250 g/mol. The first-order chi connectivity index (χ1) is 8.55. The maximum atomic E-state index is 12.2. The largest absolute Gasteiger partial charge is 0.384 e. The zero-order valence-corrected chi connectivity index (χ0v) is 10.9. The van der Waals surface area contributed by atoms with Crippen molar-refractivity contribution >= 4 is 10.0 Å². The highest BCUT2D eigenvalue weighted by atomic mass is 32.2. The lowest BCUT2D eigenvalue weighted by Gasteiger charge is -2.16. The van der Waals surface area contributed by atoms with E-state index in [2.05, 4.69) is 11.8 Å². The molecule has 0 amide bonds. The fourth-order valence-electron chi connectivity index (χ4n) is 1.65. The number of benzene rings is 1. The third-order valence-electron chi connectivity index (χ3n) is 2.90. The highest BCUT2D eigenvalue weighted by Crippen LogP contribution is 2.30. The van der Waals surface area contributed by atoms with Gasteiger partial charge in [-0.25, -0.2) is 8.42 Å². The molecule has 0 aliphatic heterocycles. The molecule has 96 valence electrons. The second kappa shape index (κ2) is 5.11. The molecule has 0 bridgehead atoms. The van der Waals surface area contributed by atoms with Crippen LogP contribution < -0.4 is 0 Å². The van der Waals surface area contributed by atoms with Crippen molar-refractivity contribution in [3.05, 3.63) is 29.8 Å². The Hall–Kier alpha value is -1.35. The SMILES string of the molecule is CN(C1CC1)S(=O)(=O)c1ccc(C#CCO)cc1. The van der Waals surface area contributed by atoms with E-state index in [1.165, 1.54) is 4.31 Å². The van der Waals surface area contributed by atoms with Crippen molar-refractivity contribution in [1.82, 2.24) is 4.31 Å². The second-order valence-corrected chi connectivity index (χ2v) is 6.23. The Morgan fingerprint density at radius 1 is 1.33 bits per heavy atom. The summed E-state index contributed by atoms with van der Waals surface area (Å²) in [7, 11) is -1.76. The Morgan fingerprint density at radius 2 is 1.94 bits per heavy atom. The van der Waals surface area contributed by atoms with Crippen LogP contribution in [0.2, 0.25) is 0 Å². The molecule has 1 aromatic rings. The van der Waals surface area contributed by atoms with Crippen LogP contribution in [0.5, 0.6) is 0 Å². The first-order valence-electron chi connectivity index (χ1n) is 5.73. The van der Waals surface area contributed by atoms with Crippen LogP contribution in [0.4, 0.5) is 0 Å². The van der Waals surface area contributed by atoms with E-state index in [9.17, 15) is 8.42 Å². The molecule has 0 heterocycles. The number of aliphatic hydroxyl groups excluding tert-OH is 1. The van der Waals surface area contributed by atoms with Gasteiger partial charge in [-0.1, -0.05) is 11.8 Å². The molecule has 1 aromatic carbocycles. The molecule has 2 rings (SSSR count). The van der Waals surface area contributed by atoms with Gasteiger partial charge in [0.15, 0.2) is 0 Å². The highest BCUT2D eigenvalue weighted by molar-refractivity contribution is 7.89. The van der Waals surface area contributed by atoms with Gasteiger partial charge >= 0.3 is 0 Å². The van der Waals surface area contributed by atoms with Crippen LogP contribution in [-0.4, -0.2) is 37.5 Å². The van der Waals surface area contributed by atoms with Gasteiger partial charge < -0.3 is 5.11 Å². The number of hydrogen-bond donors (Lipinski definition) is 1. The molecule has 1 aliphatic carbocycles. The van der Waals surface area contributed by atoms with Crippen LogP contribution in [0.1, 0.15) is 18.4 Å². The summed E-state index contributed by atoms with van der Waals surface area (Å²) in [6.07, 6.45) is 1.88. The van der Waals surface area contributed by atoms with Crippen LogP contribution in [0.15, 0.2) is 29.2 Å². The molecule has 1 saturated carbocycles. The van der Waals surface area contributed by atoms with Crippen LogP contribution in [-0.2, 0) is 10.0 Å². The Bertz CT molecular complexity index is 577. The van der Waals surface area contributed by atoms with Gasteiger partial charge in [-0.2, -0.15) is 4.31 Å². The van der Waals surface area contributed by atoms with E-state index in [1.54, 1.807) is 31.3 Å². The lowest BCUT2D eigenvalue weighted by atomic mass is 10.2. The van der Waals surface area contributed by atoms with Gasteiger partial charge in [-0.15, -0.1) is 0 Å². The normalized spacial score (nSPS) is 15.3. The summed E-state index contributed by atoms with van der Waals surface area (Å²) >= 11 is 0. The Kier molecular flexibility index (Phi) is 3.71. The molecule has 5 heteroatoms. The van der Waals surface area contributed by atoms with Crippen molar-refractivity contribution < 1.29 is 13.5 Å². The van der Waals surface area contributed by atoms with E-state index in [0.29, 0.717) is 5.56 Å². The Balaban J connectivity index is 2.23. The molecule has 1 fully saturated rings. The zero-order chi connectivity index (χ0) is 13.2. The molecule has 1 aliphatic rings. The zero-order valence-electron chi connectivity index (χ0n) is 10.1. The Morgan fingerprint density at radius 3 is 2.44 bits per heavy atom. The summed E-state index contributed by atoms with van der Waals surface area (Å²) in [5.41, 5.74) is 0.692. The van der Waals surface area contributed by atoms with Crippen LogP contribution in [0.25, 0.3) is 0 Å². The number of aliphatic hydroxyl groups is 1. The van der Waals surface area contributed by atoms with Gasteiger partial charge in [-0.3, -0.25) is 0 Å². The fourth-order valence-corrected chi connectivity index (χ4v) is 3.07. The number of hydrogen-bond acceptors (Lipinski definition) is 3. The summed E-state index contributed by atoms with van der Waals surface area (Å²) in [5, 5.41) is 8.58. The molecule has 0 unspecified atom stereocenters. The summed E-state index contributed by atoms with van der Waals surface area (Å²) in [6, 6.07) is 6.56. The van der Waals surface area contributed by atoms with Crippen LogP contribution >= 0.6 is 0 Å². The molecule has 0 radical (unpaired) electrons. The minimum absolute atomic E-state index is 0.156. The van der Waals surface area contributed by atoms with Gasteiger partial charge in [-0.05, 0) is 37.1 Å². The highest BCUT2D eigenvalue weighted by Gasteiger charge is 2.34. The molecule has 0 aromatic heterocycles. The van der Waals surface area contributed by atoms with E-state index >= 15 is 0 Å². The third-order valence-corrected chi connectivity index (χ3v) is 4.83. The van der Waals surface area contributed by atoms with E-state index in [0.717, 1.165) is 12.8 Å². The predicted octanol–water partition coefficient (Wildman–Crippen LogP) is 0.813. The van der Waals surface area contributed by atoms with Crippen molar-refractivity contribution in [1.29, 1.82) is 0 Å². The van der Waals surface area contributed by atoms with Crippen LogP contribution in [0.3, 0.4) is 0 Å². The fraction of sp³-hybridized carbons (Fsp3) is 0.385. The lowest BCUT2D eigenvalue weighted by molar-refractivity contribution is 0.350. The molecule has 0 spiro atoms. The molecule has 4 nitrogen and oxygen atoms in total.